The Morgan fingerprint density at radius 2 is 1.75 bits per heavy atom. The van der Waals surface area contributed by atoms with Crippen LogP contribution in [0.5, 0.6) is 0 Å². The van der Waals surface area contributed by atoms with Gasteiger partial charge in [-0.3, -0.25) is 14.7 Å². The van der Waals surface area contributed by atoms with Crippen molar-refractivity contribution in [3.63, 3.8) is 0 Å². The van der Waals surface area contributed by atoms with Crippen molar-refractivity contribution in [3.05, 3.63) is 60.4 Å². The first kappa shape index (κ1) is 17.0. The molecular weight excluding hydrogens is 318 g/mol. The van der Waals surface area contributed by atoms with Crippen molar-refractivity contribution < 1.29 is 4.79 Å². The highest BCUT2D eigenvalue weighted by molar-refractivity contribution is 8.00. The second kappa shape index (κ2) is 8.31. The number of thioether (sulfide) groups is 1. The second-order valence-electron chi connectivity index (χ2n) is 6.03. The minimum atomic E-state index is -0.0425. The Morgan fingerprint density at radius 1 is 1.08 bits per heavy atom. The number of pyridine rings is 1. The lowest BCUT2D eigenvalue weighted by Crippen LogP contribution is -2.50. The van der Waals surface area contributed by atoms with Crippen LogP contribution in [-0.2, 0) is 11.3 Å². The molecule has 2 heterocycles. The standard InChI is InChI=1S/C19H23N3OS/c1-16(24-18-5-3-2-4-6-18)19(23)22-13-11-21(12-14-22)15-17-7-9-20-10-8-17/h2-10,16H,11-15H2,1H3. The highest BCUT2D eigenvalue weighted by Gasteiger charge is 2.25. The summed E-state index contributed by atoms with van der Waals surface area (Å²) in [6.07, 6.45) is 3.66. The molecule has 1 aromatic carbocycles. The van der Waals surface area contributed by atoms with Crippen molar-refractivity contribution in [3.8, 4) is 0 Å². The minimum absolute atomic E-state index is 0.0425. The maximum absolute atomic E-state index is 12.6. The number of carbonyl (C=O) groups is 1. The van der Waals surface area contributed by atoms with Gasteiger partial charge in [-0.2, -0.15) is 0 Å². The Hall–Kier alpha value is -1.85. The zero-order valence-corrected chi connectivity index (χ0v) is 14.8. The van der Waals surface area contributed by atoms with Crippen molar-refractivity contribution in [2.75, 3.05) is 26.2 Å². The number of hydrogen-bond acceptors (Lipinski definition) is 4. The largest absolute Gasteiger partial charge is 0.339 e. The van der Waals surface area contributed by atoms with Gasteiger partial charge in [-0.05, 0) is 36.8 Å². The number of carbonyl (C=O) groups excluding carboxylic acids is 1. The van der Waals surface area contributed by atoms with Crippen LogP contribution in [0.25, 0.3) is 0 Å². The lowest BCUT2D eigenvalue weighted by Gasteiger charge is -2.35. The Balaban J connectivity index is 1.48. The summed E-state index contributed by atoms with van der Waals surface area (Å²) in [4.78, 5) is 22.2. The van der Waals surface area contributed by atoms with Crippen LogP contribution in [0, 0.1) is 0 Å². The minimum Gasteiger partial charge on any atom is -0.339 e. The normalized spacial score (nSPS) is 16.8. The molecular formula is C19H23N3OS. The average molecular weight is 341 g/mol. The van der Waals surface area contributed by atoms with Gasteiger partial charge in [0.1, 0.15) is 0 Å². The van der Waals surface area contributed by atoms with Gasteiger partial charge >= 0.3 is 0 Å². The number of benzene rings is 1. The molecule has 2 aromatic rings. The van der Waals surface area contributed by atoms with Gasteiger partial charge in [-0.25, -0.2) is 0 Å². The van der Waals surface area contributed by atoms with E-state index in [1.54, 1.807) is 11.8 Å². The maximum atomic E-state index is 12.6. The summed E-state index contributed by atoms with van der Waals surface area (Å²) in [6, 6.07) is 14.2. The van der Waals surface area contributed by atoms with Gasteiger partial charge in [-0.1, -0.05) is 18.2 Å². The Kier molecular flexibility index (Phi) is 5.88. The maximum Gasteiger partial charge on any atom is 0.235 e. The fourth-order valence-electron chi connectivity index (χ4n) is 2.88. The number of hydrogen-bond donors (Lipinski definition) is 0. The van der Waals surface area contributed by atoms with E-state index in [1.807, 2.05) is 42.4 Å². The third kappa shape index (κ3) is 4.58. The van der Waals surface area contributed by atoms with Crippen molar-refractivity contribution in [1.29, 1.82) is 0 Å². The summed E-state index contributed by atoms with van der Waals surface area (Å²) in [7, 11) is 0. The summed E-state index contributed by atoms with van der Waals surface area (Å²) >= 11 is 1.64. The first-order valence-corrected chi connectivity index (χ1v) is 9.22. The van der Waals surface area contributed by atoms with Crippen LogP contribution in [0.15, 0.2) is 59.8 Å². The van der Waals surface area contributed by atoms with E-state index in [4.69, 9.17) is 0 Å². The lowest BCUT2D eigenvalue weighted by molar-refractivity contribution is -0.132. The van der Waals surface area contributed by atoms with E-state index in [-0.39, 0.29) is 11.2 Å². The first-order chi connectivity index (χ1) is 11.7. The van der Waals surface area contributed by atoms with Crippen molar-refractivity contribution in [2.45, 2.75) is 23.6 Å². The van der Waals surface area contributed by atoms with E-state index in [0.717, 1.165) is 37.6 Å². The predicted octanol–water partition coefficient (Wildman–Crippen LogP) is 2.91. The highest BCUT2D eigenvalue weighted by atomic mass is 32.2. The van der Waals surface area contributed by atoms with Gasteiger partial charge in [-0.15, -0.1) is 11.8 Å². The average Bonchev–Trinajstić information content (AvgIpc) is 2.63. The van der Waals surface area contributed by atoms with Gasteiger partial charge in [0.25, 0.3) is 0 Å². The third-order valence-corrected chi connectivity index (χ3v) is 5.34. The van der Waals surface area contributed by atoms with Crippen LogP contribution >= 0.6 is 11.8 Å². The van der Waals surface area contributed by atoms with Gasteiger partial charge in [0.2, 0.25) is 5.91 Å². The quantitative estimate of drug-likeness (QED) is 0.784. The number of aromatic nitrogens is 1. The van der Waals surface area contributed by atoms with Crippen LogP contribution < -0.4 is 0 Å². The molecule has 1 saturated heterocycles. The Labute approximate surface area is 147 Å². The van der Waals surface area contributed by atoms with Gasteiger partial charge < -0.3 is 4.90 Å². The van der Waals surface area contributed by atoms with Crippen molar-refractivity contribution >= 4 is 17.7 Å². The molecule has 1 unspecified atom stereocenters. The molecule has 0 radical (unpaired) electrons. The van der Waals surface area contributed by atoms with Gasteiger partial charge in [0.15, 0.2) is 0 Å². The fourth-order valence-corrected chi connectivity index (χ4v) is 3.86. The van der Waals surface area contributed by atoms with E-state index >= 15 is 0 Å². The third-order valence-electron chi connectivity index (χ3n) is 4.24. The number of amides is 1. The molecule has 0 aliphatic carbocycles. The first-order valence-electron chi connectivity index (χ1n) is 8.34. The van der Waals surface area contributed by atoms with E-state index in [2.05, 4.69) is 34.1 Å². The van der Waals surface area contributed by atoms with Crippen LogP contribution in [0.3, 0.4) is 0 Å². The summed E-state index contributed by atoms with van der Waals surface area (Å²) in [5.41, 5.74) is 1.28. The van der Waals surface area contributed by atoms with Crippen LogP contribution in [-0.4, -0.2) is 52.1 Å². The molecule has 1 aliphatic heterocycles. The molecule has 3 rings (SSSR count). The molecule has 0 bridgehead atoms. The molecule has 0 N–H and O–H groups in total. The second-order valence-corrected chi connectivity index (χ2v) is 7.44. The molecule has 0 saturated carbocycles. The Bertz CT molecular complexity index is 642. The van der Waals surface area contributed by atoms with Crippen LogP contribution in [0.4, 0.5) is 0 Å². The molecule has 1 fully saturated rings. The fraction of sp³-hybridized carbons (Fsp3) is 0.368. The van der Waals surface area contributed by atoms with E-state index in [1.165, 1.54) is 5.56 Å². The molecule has 24 heavy (non-hydrogen) atoms. The van der Waals surface area contributed by atoms with E-state index < -0.39 is 0 Å². The van der Waals surface area contributed by atoms with E-state index in [9.17, 15) is 4.79 Å². The summed E-state index contributed by atoms with van der Waals surface area (Å²) in [6.45, 7) is 6.41. The Morgan fingerprint density at radius 3 is 2.42 bits per heavy atom. The SMILES string of the molecule is CC(Sc1ccccc1)C(=O)N1CCN(Cc2ccncc2)CC1. The molecule has 4 nitrogen and oxygen atoms in total. The number of piperazine rings is 1. The monoisotopic (exact) mass is 341 g/mol. The summed E-state index contributed by atoms with van der Waals surface area (Å²) < 4.78 is 0. The van der Waals surface area contributed by atoms with Gasteiger partial charge in [0, 0.05) is 50.0 Å². The molecule has 5 heteroatoms. The molecule has 1 amide bonds. The van der Waals surface area contributed by atoms with Crippen molar-refractivity contribution in [1.82, 2.24) is 14.8 Å². The van der Waals surface area contributed by atoms with E-state index in [0.29, 0.717) is 0 Å². The molecule has 1 aliphatic rings. The van der Waals surface area contributed by atoms with Crippen molar-refractivity contribution in [2.24, 2.45) is 0 Å². The number of rotatable bonds is 5. The van der Waals surface area contributed by atoms with Crippen LogP contribution in [0.1, 0.15) is 12.5 Å². The molecule has 0 spiro atoms. The zero-order valence-electron chi connectivity index (χ0n) is 14.0. The zero-order chi connectivity index (χ0) is 16.8. The number of nitrogens with zero attached hydrogens (tertiary/aromatic N) is 3. The molecule has 1 aromatic heterocycles. The predicted molar refractivity (Wildman–Crippen MR) is 97.9 cm³/mol. The summed E-state index contributed by atoms with van der Waals surface area (Å²) in [5.74, 6) is 0.243. The lowest BCUT2D eigenvalue weighted by atomic mass is 10.2. The smallest absolute Gasteiger partial charge is 0.235 e. The summed E-state index contributed by atoms with van der Waals surface area (Å²) in [5, 5.41) is -0.0425. The topological polar surface area (TPSA) is 36.4 Å². The van der Waals surface area contributed by atoms with Gasteiger partial charge in [0.05, 0.1) is 5.25 Å². The molecule has 126 valence electrons. The van der Waals surface area contributed by atoms with Crippen LogP contribution in [0.2, 0.25) is 0 Å². The highest BCUT2D eigenvalue weighted by Crippen LogP contribution is 2.24. The molecule has 1 atom stereocenters.